The first-order chi connectivity index (χ1) is 14.9. The average Bonchev–Trinajstić information content (AvgIpc) is 3.50. The number of hydrogen-bond acceptors (Lipinski definition) is 3. The largest absolute Gasteiger partial charge is 0.312 e. The van der Waals surface area contributed by atoms with Crippen molar-refractivity contribution in [2.24, 2.45) is 0 Å². The van der Waals surface area contributed by atoms with Crippen molar-refractivity contribution in [1.82, 2.24) is 14.8 Å². The summed E-state index contributed by atoms with van der Waals surface area (Å²) in [5, 5.41) is 9.69. The maximum Gasteiger partial charge on any atom is 0.137 e. The van der Waals surface area contributed by atoms with Crippen LogP contribution in [0.25, 0.3) is 0 Å². The van der Waals surface area contributed by atoms with Gasteiger partial charge in [0, 0.05) is 36.7 Å². The van der Waals surface area contributed by atoms with E-state index in [0.717, 1.165) is 35.6 Å². The summed E-state index contributed by atoms with van der Waals surface area (Å²) < 4.78 is 2.30. The number of hydrogen-bond donors (Lipinski definition) is 0. The quantitative estimate of drug-likeness (QED) is 0.431. The lowest BCUT2D eigenvalue weighted by Crippen LogP contribution is -2.11. The summed E-state index contributed by atoms with van der Waals surface area (Å²) >= 11 is 6.19. The van der Waals surface area contributed by atoms with Crippen LogP contribution in [0.15, 0.2) is 36.4 Å². The van der Waals surface area contributed by atoms with Crippen LogP contribution >= 0.6 is 11.6 Å². The minimum atomic E-state index is 0.215. The minimum absolute atomic E-state index is 0.215. The molecule has 0 amide bonds. The van der Waals surface area contributed by atoms with Gasteiger partial charge in [0.1, 0.15) is 17.4 Å². The monoisotopic (exact) mass is 435 g/mol. The Morgan fingerprint density at radius 2 is 1.74 bits per heavy atom. The summed E-state index contributed by atoms with van der Waals surface area (Å²) in [4.78, 5) is 12.6. The molecule has 1 saturated carbocycles. The van der Waals surface area contributed by atoms with Crippen molar-refractivity contribution in [2.45, 2.75) is 71.8 Å². The zero-order valence-corrected chi connectivity index (χ0v) is 19.4. The van der Waals surface area contributed by atoms with Gasteiger partial charge in [-0.25, -0.2) is 0 Å². The first-order valence-electron chi connectivity index (χ1n) is 11.2. The molecule has 0 atom stereocenters. The first kappa shape index (κ1) is 21.8. The standard InChI is InChI=1S/C26H30ClN3O/c1-17-7-8-20(15-18(17)2)9-13-25-28-29-26(30(25)22-10-11-22)14-12-23(31)16-21-5-4-6-24(27)19(21)3/h4-8,15,22H,9-14,16H2,1-3H3. The normalized spacial score (nSPS) is 13.5. The fourth-order valence-electron chi connectivity index (χ4n) is 4.07. The smallest absolute Gasteiger partial charge is 0.137 e. The van der Waals surface area contributed by atoms with Crippen LogP contribution in [-0.2, 0) is 30.5 Å². The van der Waals surface area contributed by atoms with E-state index in [0.29, 0.717) is 30.3 Å². The van der Waals surface area contributed by atoms with Crippen LogP contribution in [0.1, 0.15) is 64.8 Å². The molecule has 0 saturated heterocycles. The maximum atomic E-state index is 12.6. The van der Waals surface area contributed by atoms with Gasteiger partial charge in [0.25, 0.3) is 0 Å². The van der Waals surface area contributed by atoms with E-state index in [4.69, 9.17) is 11.6 Å². The van der Waals surface area contributed by atoms with E-state index >= 15 is 0 Å². The third-order valence-electron chi connectivity index (χ3n) is 6.35. The van der Waals surface area contributed by atoms with Crippen molar-refractivity contribution in [3.8, 4) is 0 Å². The third kappa shape index (κ3) is 5.24. The van der Waals surface area contributed by atoms with Gasteiger partial charge in [-0.15, -0.1) is 10.2 Å². The molecule has 3 aromatic rings. The Morgan fingerprint density at radius 3 is 2.45 bits per heavy atom. The molecule has 0 bridgehead atoms. The van der Waals surface area contributed by atoms with Gasteiger partial charge in [-0.3, -0.25) is 4.79 Å². The zero-order chi connectivity index (χ0) is 22.0. The highest BCUT2D eigenvalue weighted by Crippen LogP contribution is 2.37. The molecule has 0 unspecified atom stereocenters. The fraction of sp³-hybridized carbons (Fsp3) is 0.423. The van der Waals surface area contributed by atoms with Crippen molar-refractivity contribution >= 4 is 17.4 Å². The lowest BCUT2D eigenvalue weighted by Gasteiger charge is -2.10. The molecule has 1 aromatic heterocycles. The van der Waals surface area contributed by atoms with Gasteiger partial charge < -0.3 is 4.57 Å². The highest BCUT2D eigenvalue weighted by Gasteiger charge is 2.29. The van der Waals surface area contributed by atoms with Gasteiger partial charge in [0.05, 0.1) is 0 Å². The van der Waals surface area contributed by atoms with Gasteiger partial charge in [-0.2, -0.15) is 0 Å². The number of carbonyl (C=O) groups is 1. The van der Waals surface area contributed by atoms with Crippen LogP contribution in [-0.4, -0.2) is 20.5 Å². The number of aryl methyl sites for hydroxylation is 5. The number of halogens is 1. The van der Waals surface area contributed by atoms with E-state index in [2.05, 4.69) is 46.8 Å². The van der Waals surface area contributed by atoms with Gasteiger partial charge in [0.15, 0.2) is 0 Å². The summed E-state index contributed by atoms with van der Waals surface area (Å²) in [5.41, 5.74) is 5.99. The van der Waals surface area contributed by atoms with Crippen molar-refractivity contribution in [1.29, 1.82) is 0 Å². The van der Waals surface area contributed by atoms with Crippen LogP contribution in [0.2, 0.25) is 5.02 Å². The van der Waals surface area contributed by atoms with Crippen LogP contribution < -0.4 is 0 Å². The Kier molecular flexibility index (Phi) is 6.57. The van der Waals surface area contributed by atoms with Crippen molar-refractivity contribution in [3.05, 3.63) is 80.9 Å². The molecule has 1 aliphatic carbocycles. The number of ketones is 1. The predicted molar refractivity (Wildman–Crippen MR) is 125 cm³/mol. The molecule has 1 heterocycles. The molecule has 1 aliphatic rings. The van der Waals surface area contributed by atoms with Gasteiger partial charge >= 0.3 is 0 Å². The number of Topliss-reactive ketones (excluding diaryl/α,β-unsaturated/α-hetero) is 1. The summed E-state index contributed by atoms with van der Waals surface area (Å²) in [6, 6.07) is 12.9. The number of rotatable bonds is 9. The van der Waals surface area contributed by atoms with E-state index in [1.54, 1.807) is 0 Å². The van der Waals surface area contributed by atoms with Gasteiger partial charge in [-0.1, -0.05) is 41.9 Å². The number of benzene rings is 2. The first-order valence-corrected chi connectivity index (χ1v) is 11.5. The SMILES string of the molecule is Cc1ccc(CCc2nnc(CCC(=O)Cc3cccc(Cl)c3C)n2C2CC2)cc1C. The second kappa shape index (κ2) is 9.35. The predicted octanol–water partition coefficient (Wildman–Crippen LogP) is 5.72. The van der Waals surface area contributed by atoms with Crippen LogP contribution in [0.4, 0.5) is 0 Å². The summed E-state index contributed by atoms with van der Waals surface area (Å²) in [7, 11) is 0. The Morgan fingerprint density at radius 1 is 1.00 bits per heavy atom. The Bertz CT molecular complexity index is 1100. The van der Waals surface area contributed by atoms with E-state index in [1.165, 1.54) is 29.5 Å². The van der Waals surface area contributed by atoms with Crippen LogP contribution in [0, 0.1) is 20.8 Å². The highest BCUT2D eigenvalue weighted by atomic mass is 35.5. The van der Waals surface area contributed by atoms with E-state index < -0.39 is 0 Å². The molecule has 0 aliphatic heterocycles. The lowest BCUT2D eigenvalue weighted by molar-refractivity contribution is -0.118. The Hall–Kier alpha value is -2.46. The average molecular weight is 436 g/mol. The molecule has 0 N–H and O–H groups in total. The molecular formula is C26H30ClN3O. The number of carbonyl (C=O) groups excluding carboxylic acids is 1. The topological polar surface area (TPSA) is 47.8 Å². The molecule has 31 heavy (non-hydrogen) atoms. The second-order valence-corrected chi connectivity index (χ2v) is 9.20. The van der Waals surface area contributed by atoms with Gasteiger partial charge in [0.2, 0.25) is 0 Å². The van der Waals surface area contributed by atoms with E-state index in [1.807, 2.05) is 25.1 Å². The molecule has 2 aromatic carbocycles. The number of aromatic nitrogens is 3. The molecule has 0 radical (unpaired) electrons. The van der Waals surface area contributed by atoms with E-state index in [9.17, 15) is 4.79 Å². The molecule has 4 rings (SSSR count). The molecule has 5 heteroatoms. The molecule has 4 nitrogen and oxygen atoms in total. The molecule has 162 valence electrons. The molecule has 0 spiro atoms. The Balaban J connectivity index is 1.40. The van der Waals surface area contributed by atoms with E-state index in [-0.39, 0.29) is 5.78 Å². The van der Waals surface area contributed by atoms with Crippen LogP contribution in [0.3, 0.4) is 0 Å². The van der Waals surface area contributed by atoms with Crippen molar-refractivity contribution < 1.29 is 4.79 Å². The fourth-order valence-corrected chi connectivity index (χ4v) is 4.26. The molecular weight excluding hydrogens is 406 g/mol. The van der Waals surface area contributed by atoms with Crippen molar-refractivity contribution in [2.75, 3.05) is 0 Å². The summed E-state index contributed by atoms with van der Waals surface area (Å²) in [5.74, 6) is 2.22. The Labute approximate surface area is 189 Å². The van der Waals surface area contributed by atoms with Gasteiger partial charge in [-0.05, 0) is 73.9 Å². The highest BCUT2D eigenvalue weighted by molar-refractivity contribution is 6.31. The summed E-state index contributed by atoms with van der Waals surface area (Å²) in [6.07, 6.45) is 5.73. The number of nitrogens with zero attached hydrogens (tertiary/aromatic N) is 3. The van der Waals surface area contributed by atoms with Crippen molar-refractivity contribution in [3.63, 3.8) is 0 Å². The second-order valence-electron chi connectivity index (χ2n) is 8.79. The lowest BCUT2D eigenvalue weighted by atomic mass is 10.0. The minimum Gasteiger partial charge on any atom is -0.312 e. The third-order valence-corrected chi connectivity index (χ3v) is 6.76. The molecule has 1 fully saturated rings. The summed E-state index contributed by atoms with van der Waals surface area (Å²) in [6.45, 7) is 6.27. The zero-order valence-electron chi connectivity index (χ0n) is 18.6. The maximum absolute atomic E-state index is 12.6. The van der Waals surface area contributed by atoms with Crippen LogP contribution in [0.5, 0.6) is 0 Å².